The van der Waals surface area contributed by atoms with Crippen molar-refractivity contribution < 1.29 is 13.9 Å². The second-order valence-electron chi connectivity index (χ2n) is 8.56. The molecule has 0 bridgehead atoms. The van der Waals surface area contributed by atoms with Crippen LogP contribution in [0.1, 0.15) is 31.5 Å². The molecule has 5 aromatic rings. The molecule has 1 aliphatic rings. The fourth-order valence-corrected chi connectivity index (χ4v) is 4.81. The average Bonchev–Trinajstić information content (AvgIpc) is 3.53. The minimum absolute atomic E-state index is 0.263. The van der Waals surface area contributed by atoms with E-state index in [1.807, 2.05) is 28.2 Å². The summed E-state index contributed by atoms with van der Waals surface area (Å²) in [6, 6.07) is 6.83. The van der Waals surface area contributed by atoms with E-state index in [-0.39, 0.29) is 11.7 Å². The van der Waals surface area contributed by atoms with E-state index in [1.54, 1.807) is 31.8 Å². The molecule has 1 fully saturated rings. The number of rotatable bonds is 5. The Hall–Kier alpha value is -3.92. The molecule has 1 aromatic carbocycles. The highest BCUT2D eigenvalue weighted by atomic mass is 19.1. The van der Waals surface area contributed by atoms with Crippen LogP contribution in [-0.4, -0.2) is 54.7 Å². The van der Waals surface area contributed by atoms with Crippen molar-refractivity contribution in [2.75, 3.05) is 20.3 Å². The van der Waals surface area contributed by atoms with E-state index in [4.69, 9.17) is 9.47 Å². The third-order valence-electron chi connectivity index (χ3n) is 6.66. The van der Waals surface area contributed by atoms with Crippen LogP contribution < -0.4 is 4.74 Å². The number of ether oxygens (including phenoxy) is 2. The summed E-state index contributed by atoms with van der Waals surface area (Å²) < 4.78 is 30.3. The molecule has 0 radical (unpaired) electrons. The van der Waals surface area contributed by atoms with Gasteiger partial charge in [0.1, 0.15) is 17.2 Å². The van der Waals surface area contributed by atoms with Crippen molar-refractivity contribution in [1.29, 1.82) is 0 Å². The van der Waals surface area contributed by atoms with Gasteiger partial charge in [-0.25, -0.2) is 9.37 Å². The molecule has 6 rings (SSSR count). The quantitative estimate of drug-likeness (QED) is 0.376. The van der Waals surface area contributed by atoms with Gasteiger partial charge in [0, 0.05) is 48.6 Å². The van der Waals surface area contributed by atoms with E-state index in [2.05, 4.69) is 25.4 Å². The van der Waals surface area contributed by atoms with Crippen molar-refractivity contribution >= 4 is 16.8 Å². The molecule has 0 aliphatic carbocycles. The SMILES string of the molecule is CCn1cnc2c(-c3ccc(F)c(-c4ccn5c(C6CCOCC6)nnc5c4OC)c3)cnnc21. The minimum atomic E-state index is -0.363. The molecule has 35 heavy (non-hydrogen) atoms. The first-order valence-electron chi connectivity index (χ1n) is 11.7. The number of nitrogens with zero attached hydrogens (tertiary/aromatic N) is 7. The zero-order valence-electron chi connectivity index (χ0n) is 19.5. The Morgan fingerprint density at radius 3 is 2.71 bits per heavy atom. The van der Waals surface area contributed by atoms with Crippen LogP contribution in [0.5, 0.6) is 5.75 Å². The largest absolute Gasteiger partial charge is 0.492 e. The van der Waals surface area contributed by atoms with Gasteiger partial charge in [-0.15, -0.1) is 15.3 Å². The summed E-state index contributed by atoms with van der Waals surface area (Å²) in [5.74, 6) is 1.25. The van der Waals surface area contributed by atoms with Crippen LogP contribution in [0.15, 0.2) is 43.0 Å². The number of methoxy groups -OCH3 is 1. The maximum absolute atomic E-state index is 15.2. The van der Waals surface area contributed by atoms with Crippen molar-refractivity contribution in [2.24, 2.45) is 0 Å². The Kier molecular flexibility index (Phi) is 5.37. The fourth-order valence-electron chi connectivity index (χ4n) is 4.81. The monoisotopic (exact) mass is 473 g/mol. The summed E-state index contributed by atoms with van der Waals surface area (Å²) >= 11 is 0. The number of pyridine rings is 1. The first-order valence-corrected chi connectivity index (χ1v) is 11.7. The molecular weight excluding hydrogens is 449 g/mol. The van der Waals surface area contributed by atoms with Crippen molar-refractivity contribution in [2.45, 2.75) is 32.2 Å². The van der Waals surface area contributed by atoms with Gasteiger partial charge < -0.3 is 14.0 Å². The maximum atomic E-state index is 15.2. The van der Waals surface area contributed by atoms with E-state index in [9.17, 15) is 0 Å². The molecule has 0 amide bonds. The molecule has 0 unspecified atom stereocenters. The summed E-state index contributed by atoms with van der Waals surface area (Å²) in [5.41, 5.74) is 4.55. The topological polar surface area (TPSA) is 92.2 Å². The molecule has 1 saturated heterocycles. The number of benzene rings is 1. The lowest BCUT2D eigenvalue weighted by Gasteiger charge is -2.20. The normalized spacial score (nSPS) is 14.7. The standard InChI is InChI=1S/C25H24FN7O2/c1-3-32-14-27-21-19(13-28-29-24(21)32)16-4-5-20(26)18(12-16)17-6-9-33-23(15-7-10-35-11-8-15)30-31-25(33)22(17)34-2/h4-6,9,12-15H,3,7-8,10-11H2,1-2H3. The molecule has 10 heteroatoms. The van der Waals surface area contributed by atoms with Gasteiger partial charge in [0.05, 0.1) is 19.6 Å². The van der Waals surface area contributed by atoms with Crippen LogP contribution in [0.4, 0.5) is 4.39 Å². The van der Waals surface area contributed by atoms with E-state index < -0.39 is 0 Å². The number of hydrogen-bond acceptors (Lipinski definition) is 7. The third kappa shape index (κ3) is 3.52. The Bertz CT molecular complexity index is 1540. The van der Waals surface area contributed by atoms with Gasteiger partial charge in [0.25, 0.3) is 0 Å². The molecule has 0 spiro atoms. The van der Waals surface area contributed by atoms with Crippen LogP contribution >= 0.6 is 0 Å². The maximum Gasteiger partial charge on any atom is 0.203 e. The van der Waals surface area contributed by atoms with Gasteiger partial charge >= 0.3 is 0 Å². The fraction of sp³-hybridized carbons (Fsp3) is 0.320. The number of aryl methyl sites for hydroxylation is 1. The van der Waals surface area contributed by atoms with Crippen molar-refractivity contribution in [3.63, 3.8) is 0 Å². The number of imidazole rings is 1. The molecule has 0 atom stereocenters. The van der Waals surface area contributed by atoms with Crippen LogP contribution in [-0.2, 0) is 11.3 Å². The van der Waals surface area contributed by atoms with Gasteiger partial charge in [0.15, 0.2) is 11.4 Å². The van der Waals surface area contributed by atoms with E-state index >= 15 is 4.39 Å². The van der Waals surface area contributed by atoms with Crippen molar-refractivity contribution in [3.05, 3.63) is 54.6 Å². The van der Waals surface area contributed by atoms with Gasteiger partial charge in [-0.3, -0.25) is 4.40 Å². The summed E-state index contributed by atoms with van der Waals surface area (Å²) in [4.78, 5) is 4.52. The van der Waals surface area contributed by atoms with Gasteiger partial charge in [-0.05, 0) is 43.5 Å². The molecule has 0 saturated carbocycles. The molecular formula is C25H24FN7O2. The van der Waals surface area contributed by atoms with Crippen LogP contribution in [0.2, 0.25) is 0 Å². The van der Waals surface area contributed by atoms with Gasteiger partial charge in [0.2, 0.25) is 5.65 Å². The molecule has 4 aromatic heterocycles. The second-order valence-corrected chi connectivity index (χ2v) is 8.56. The number of halogens is 1. The number of aromatic nitrogens is 7. The summed E-state index contributed by atoms with van der Waals surface area (Å²) in [7, 11) is 1.57. The van der Waals surface area contributed by atoms with Crippen LogP contribution in [0.25, 0.3) is 39.1 Å². The first kappa shape index (κ1) is 21.6. The molecule has 178 valence electrons. The summed E-state index contributed by atoms with van der Waals surface area (Å²) in [6.07, 6.45) is 7.07. The lowest BCUT2D eigenvalue weighted by molar-refractivity contribution is 0.0834. The Morgan fingerprint density at radius 1 is 1.06 bits per heavy atom. The Morgan fingerprint density at radius 2 is 1.91 bits per heavy atom. The predicted molar refractivity (Wildman–Crippen MR) is 128 cm³/mol. The Balaban J connectivity index is 1.48. The van der Waals surface area contributed by atoms with Crippen LogP contribution in [0.3, 0.4) is 0 Å². The number of fused-ring (bicyclic) bond motifs is 2. The summed E-state index contributed by atoms with van der Waals surface area (Å²) in [6.45, 7) is 4.17. The first-order chi connectivity index (χ1) is 17.2. The van der Waals surface area contributed by atoms with E-state index in [0.717, 1.165) is 41.9 Å². The molecule has 0 N–H and O–H groups in total. The third-order valence-corrected chi connectivity index (χ3v) is 6.66. The highest BCUT2D eigenvalue weighted by Crippen LogP contribution is 2.38. The van der Waals surface area contributed by atoms with E-state index in [0.29, 0.717) is 41.4 Å². The Labute approximate surface area is 200 Å². The zero-order chi connectivity index (χ0) is 23.9. The van der Waals surface area contributed by atoms with E-state index in [1.165, 1.54) is 6.07 Å². The predicted octanol–water partition coefficient (Wildman–Crippen LogP) is 4.26. The second kappa shape index (κ2) is 8.70. The highest BCUT2D eigenvalue weighted by molar-refractivity contribution is 5.91. The van der Waals surface area contributed by atoms with Crippen molar-refractivity contribution in [3.8, 4) is 28.0 Å². The molecule has 5 heterocycles. The lowest BCUT2D eigenvalue weighted by atomic mass is 9.98. The van der Waals surface area contributed by atoms with Gasteiger partial charge in [-0.1, -0.05) is 6.07 Å². The average molecular weight is 474 g/mol. The molecule has 9 nitrogen and oxygen atoms in total. The highest BCUT2D eigenvalue weighted by Gasteiger charge is 2.24. The number of hydrogen-bond donors (Lipinski definition) is 0. The lowest BCUT2D eigenvalue weighted by Crippen LogP contribution is -2.16. The molecule has 1 aliphatic heterocycles. The van der Waals surface area contributed by atoms with Crippen LogP contribution in [0, 0.1) is 5.82 Å². The minimum Gasteiger partial charge on any atom is -0.492 e. The zero-order valence-corrected chi connectivity index (χ0v) is 19.5. The summed E-state index contributed by atoms with van der Waals surface area (Å²) in [5, 5.41) is 17.2. The van der Waals surface area contributed by atoms with Crippen molar-refractivity contribution in [1.82, 2.24) is 34.3 Å². The smallest absolute Gasteiger partial charge is 0.203 e. The van der Waals surface area contributed by atoms with Gasteiger partial charge in [-0.2, -0.15) is 5.10 Å².